The van der Waals surface area contributed by atoms with Crippen molar-refractivity contribution in [2.75, 3.05) is 5.32 Å². The molecule has 3 nitrogen and oxygen atoms in total. The van der Waals surface area contributed by atoms with Gasteiger partial charge in [0.2, 0.25) is 0 Å². The Balaban J connectivity index is 1.56. The highest BCUT2D eigenvalue weighted by atomic mass is 14.9. The molecule has 3 heteroatoms. The molecule has 102 valence electrons. The molecule has 0 bridgehead atoms. The Morgan fingerprint density at radius 2 is 1.81 bits per heavy atom. The standard InChI is InChI=1S/C18H15N3/c1-2-4-15-9-13(5-6-14(15)3-1)11-19-16-7-8-17-18(10-16)21-12-20-17/h1-10,12,19H,11H2,(H,20,21). The van der Waals surface area contributed by atoms with Crippen molar-refractivity contribution >= 4 is 27.5 Å². The van der Waals surface area contributed by atoms with E-state index in [0.717, 1.165) is 23.3 Å². The fraction of sp³-hybridized carbons (Fsp3) is 0.0556. The summed E-state index contributed by atoms with van der Waals surface area (Å²) in [7, 11) is 0. The molecular formula is C18H15N3. The molecule has 0 radical (unpaired) electrons. The van der Waals surface area contributed by atoms with Crippen LogP contribution in [0.15, 0.2) is 67.0 Å². The van der Waals surface area contributed by atoms with Crippen molar-refractivity contribution in [3.63, 3.8) is 0 Å². The van der Waals surface area contributed by atoms with Crippen molar-refractivity contribution in [1.82, 2.24) is 9.97 Å². The third kappa shape index (κ3) is 2.34. The van der Waals surface area contributed by atoms with E-state index in [1.54, 1.807) is 6.33 Å². The SMILES string of the molecule is c1ccc2cc(CNc3ccc4nc[nH]c4c3)ccc2c1. The predicted molar refractivity (Wildman–Crippen MR) is 87.4 cm³/mol. The molecular weight excluding hydrogens is 258 g/mol. The van der Waals surface area contributed by atoms with Crippen molar-refractivity contribution in [2.45, 2.75) is 6.54 Å². The molecule has 3 aromatic carbocycles. The van der Waals surface area contributed by atoms with Crippen LogP contribution in [0.1, 0.15) is 5.56 Å². The first-order valence-electron chi connectivity index (χ1n) is 7.03. The molecule has 4 rings (SSSR count). The van der Waals surface area contributed by atoms with E-state index in [1.807, 2.05) is 6.07 Å². The fourth-order valence-electron chi connectivity index (χ4n) is 2.60. The van der Waals surface area contributed by atoms with Crippen LogP contribution in [0.2, 0.25) is 0 Å². The number of hydrogen-bond donors (Lipinski definition) is 2. The van der Waals surface area contributed by atoms with E-state index in [0.29, 0.717) is 0 Å². The van der Waals surface area contributed by atoms with Gasteiger partial charge in [-0.25, -0.2) is 4.98 Å². The highest BCUT2D eigenvalue weighted by Gasteiger charge is 1.99. The lowest BCUT2D eigenvalue weighted by atomic mass is 10.1. The molecule has 0 aliphatic heterocycles. The Bertz CT molecular complexity index is 908. The number of aromatic amines is 1. The third-order valence-corrected chi connectivity index (χ3v) is 3.73. The van der Waals surface area contributed by atoms with Gasteiger partial charge in [0, 0.05) is 12.2 Å². The van der Waals surface area contributed by atoms with Gasteiger partial charge >= 0.3 is 0 Å². The second-order valence-electron chi connectivity index (χ2n) is 5.17. The summed E-state index contributed by atoms with van der Waals surface area (Å²) < 4.78 is 0. The average Bonchev–Trinajstić information content (AvgIpc) is 3.00. The van der Waals surface area contributed by atoms with Gasteiger partial charge in [0.05, 0.1) is 17.4 Å². The zero-order valence-corrected chi connectivity index (χ0v) is 11.5. The molecule has 0 unspecified atom stereocenters. The highest BCUT2D eigenvalue weighted by molar-refractivity contribution is 5.83. The van der Waals surface area contributed by atoms with Crippen LogP contribution in [-0.2, 0) is 6.54 Å². The summed E-state index contributed by atoms with van der Waals surface area (Å²) in [6.45, 7) is 0.810. The summed E-state index contributed by atoms with van der Waals surface area (Å²) in [6, 6.07) is 21.2. The predicted octanol–water partition coefficient (Wildman–Crippen LogP) is 4.33. The molecule has 0 saturated carbocycles. The Morgan fingerprint density at radius 3 is 2.76 bits per heavy atom. The zero-order chi connectivity index (χ0) is 14.1. The van der Waals surface area contributed by atoms with Crippen LogP contribution in [0.5, 0.6) is 0 Å². The number of H-pyrrole nitrogens is 1. The van der Waals surface area contributed by atoms with Crippen LogP contribution >= 0.6 is 0 Å². The maximum Gasteiger partial charge on any atom is 0.0931 e. The van der Waals surface area contributed by atoms with Gasteiger partial charge in [0.15, 0.2) is 0 Å². The number of nitrogens with zero attached hydrogens (tertiary/aromatic N) is 1. The van der Waals surface area contributed by atoms with E-state index in [4.69, 9.17) is 0 Å². The second-order valence-corrected chi connectivity index (χ2v) is 5.17. The Hall–Kier alpha value is -2.81. The number of fused-ring (bicyclic) bond motifs is 2. The van der Waals surface area contributed by atoms with Crippen molar-refractivity contribution in [3.05, 3.63) is 72.6 Å². The highest BCUT2D eigenvalue weighted by Crippen LogP contribution is 2.19. The minimum atomic E-state index is 0.810. The Morgan fingerprint density at radius 1 is 0.905 bits per heavy atom. The van der Waals surface area contributed by atoms with Gasteiger partial charge in [-0.3, -0.25) is 0 Å². The van der Waals surface area contributed by atoms with Crippen LogP contribution < -0.4 is 5.32 Å². The summed E-state index contributed by atoms with van der Waals surface area (Å²) in [5.41, 5.74) is 4.42. The molecule has 4 aromatic rings. The first kappa shape index (κ1) is 12.0. The monoisotopic (exact) mass is 273 g/mol. The third-order valence-electron chi connectivity index (χ3n) is 3.73. The summed E-state index contributed by atoms with van der Waals surface area (Å²) in [5, 5.41) is 6.02. The van der Waals surface area contributed by atoms with E-state index in [9.17, 15) is 0 Å². The maximum atomic E-state index is 4.23. The molecule has 2 N–H and O–H groups in total. The van der Waals surface area contributed by atoms with Crippen molar-refractivity contribution in [2.24, 2.45) is 0 Å². The Kier molecular flexibility index (Phi) is 2.82. The quantitative estimate of drug-likeness (QED) is 0.583. The van der Waals surface area contributed by atoms with Crippen molar-refractivity contribution in [3.8, 4) is 0 Å². The zero-order valence-electron chi connectivity index (χ0n) is 11.5. The Labute approximate surface area is 122 Å². The number of aromatic nitrogens is 2. The second kappa shape index (κ2) is 4.94. The molecule has 21 heavy (non-hydrogen) atoms. The average molecular weight is 273 g/mol. The summed E-state index contributed by atoms with van der Waals surface area (Å²) in [4.78, 5) is 7.36. The fourth-order valence-corrected chi connectivity index (χ4v) is 2.60. The minimum Gasteiger partial charge on any atom is -0.381 e. The molecule has 0 amide bonds. The molecule has 0 atom stereocenters. The van der Waals surface area contributed by atoms with Gasteiger partial charge in [-0.05, 0) is 40.6 Å². The van der Waals surface area contributed by atoms with Crippen LogP contribution in [-0.4, -0.2) is 9.97 Å². The van der Waals surface area contributed by atoms with Gasteiger partial charge < -0.3 is 10.3 Å². The number of imidazole rings is 1. The lowest BCUT2D eigenvalue weighted by Gasteiger charge is -2.07. The van der Waals surface area contributed by atoms with E-state index < -0.39 is 0 Å². The molecule has 0 spiro atoms. The van der Waals surface area contributed by atoms with Gasteiger partial charge in [-0.2, -0.15) is 0 Å². The number of rotatable bonds is 3. The van der Waals surface area contributed by atoms with Gasteiger partial charge in [-0.15, -0.1) is 0 Å². The molecule has 1 aromatic heterocycles. The number of benzene rings is 3. The maximum absolute atomic E-state index is 4.23. The van der Waals surface area contributed by atoms with Crippen LogP contribution in [0.3, 0.4) is 0 Å². The van der Waals surface area contributed by atoms with Gasteiger partial charge in [0.25, 0.3) is 0 Å². The number of anilines is 1. The lowest BCUT2D eigenvalue weighted by Crippen LogP contribution is -1.99. The van der Waals surface area contributed by atoms with Crippen LogP contribution in [0.25, 0.3) is 21.8 Å². The van der Waals surface area contributed by atoms with E-state index in [-0.39, 0.29) is 0 Å². The first-order chi connectivity index (χ1) is 10.4. The normalized spacial score (nSPS) is 11.0. The molecule has 1 heterocycles. The van der Waals surface area contributed by atoms with Crippen LogP contribution in [0.4, 0.5) is 5.69 Å². The summed E-state index contributed by atoms with van der Waals surface area (Å²) in [6.07, 6.45) is 1.72. The van der Waals surface area contributed by atoms with Crippen molar-refractivity contribution in [1.29, 1.82) is 0 Å². The summed E-state index contributed by atoms with van der Waals surface area (Å²) >= 11 is 0. The van der Waals surface area contributed by atoms with Crippen LogP contribution in [0, 0.1) is 0 Å². The summed E-state index contributed by atoms with van der Waals surface area (Å²) in [5.74, 6) is 0. The van der Waals surface area contributed by atoms with E-state index in [2.05, 4.69) is 69.9 Å². The number of nitrogens with one attached hydrogen (secondary N) is 2. The largest absolute Gasteiger partial charge is 0.381 e. The number of hydrogen-bond acceptors (Lipinski definition) is 2. The minimum absolute atomic E-state index is 0.810. The first-order valence-corrected chi connectivity index (χ1v) is 7.03. The lowest BCUT2D eigenvalue weighted by molar-refractivity contribution is 1.16. The molecule has 0 fully saturated rings. The molecule has 0 saturated heterocycles. The molecule has 0 aliphatic carbocycles. The molecule has 0 aliphatic rings. The van der Waals surface area contributed by atoms with Crippen molar-refractivity contribution < 1.29 is 0 Å². The van der Waals surface area contributed by atoms with E-state index in [1.165, 1.54) is 16.3 Å². The topological polar surface area (TPSA) is 40.7 Å². The van der Waals surface area contributed by atoms with Gasteiger partial charge in [-0.1, -0.05) is 36.4 Å². The van der Waals surface area contributed by atoms with E-state index >= 15 is 0 Å². The smallest absolute Gasteiger partial charge is 0.0931 e. The van der Waals surface area contributed by atoms with Gasteiger partial charge in [0.1, 0.15) is 0 Å².